The van der Waals surface area contributed by atoms with E-state index >= 15 is 0 Å². The summed E-state index contributed by atoms with van der Waals surface area (Å²) in [7, 11) is -3.67. The lowest BCUT2D eigenvalue weighted by atomic mass is 10.1. The number of amides is 1. The van der Waals surface area contributed by atoms with Crippen LogP contribution in [0.25, 0.3) is 0 Å². The van der Waals surface area contributed by atoms with Crippen LogP contribution < -0.4 is 14.4 Å². The smallest absolute Gasteiger partial charge is 0.264 e. The first-order valence-corrected chi connectivity index (χ1v) is 12.0. The molecule has 0 spiro atoms. The molecule has 1 amide bonds. The molecular weight excluding hydrogens is 424 g/mol. The molecule has 3 aromatic rings. The number of aryl methyl sites for hydroxylation is 2. The molecular formula is C25H28N2O4S. The number of nitrogens with zero attached hydrogens (tertiary/aromatic N) is 1. The third kappa shape index (κ3) is 5.48. The first kappa shape index (κ1) is 23.3. The van der Waals surface area contributed by atoms with Crippen LogP contribution in [0, 0.1) is 6.92 Å². The molecule has 32 heavy (non-hydrogen) atoms. The quantitative estimate of drug-likeness (QED) is 0.506. The molecule has 0 bridgehead atoms. The number of ether oxygens (including phenoxy) is 1. The van der Waals surface area contributed by atoms with Crippen LogP contribution in [-0.4, -0.2) is 27.5 Å². The Hall–Kier alpha value is -3.32. The highest BCUT2D eigenvalue weighted by Gasteiger charge is 2.23. The Balaban J connectivity index is 1.66. The van der Waals surface area contributed by atoms with Crippen LogP contribution in [0.3, 0.4) is 0 Å². The Kier molecular flexibility index (Phi) is 7.53. The fourth-order valence-corrected chi connectivity index (χ4v) is 4.80. The molecule has 7 heteroatoms. The zero-order valence-electron chi connectivity index (χ0n) is 18.5. The van der Waals surface area contributed by atoms with Gasteiger partial charge in [0.15, 0.2) is 6.61 Å². The zero-order valence-corrected chi connectivity index (χ0v) is 19.4. The molecule has 0 saturated carbocycles. The van der Waals surface area contributed by atoms with Gasteiger partial charge in [0, 0.05) is 12.2 Å². The van der Waals surface area contributed by atoms with E-state index in [2.05, 4.69) is 5.32 Å². The van der Waals surface area contributed by atoms with Crippen LogP contribution in [0.1, 0.15) is 25.0 Å². The number of hydrogen-bond acceptors (Lipinski definition) is 4. The highest BCUT2D eigenvalue weighted by atomic mass is 32.2. The largest absolute Gasteiger partial charge is 0.484 e. The SMILES string of the molecule is CCc1ccccc1NC(=O)COc1ccc(N(CC)S(=O)(=O)c2ccc(C)cc2)cc1. The first-order valence-electron chi connectivity index (χ1n) is 10.5. The number of carbonyl (C=O) groups is 1. The summed E-state index contributed by atoms with van der Waals surface area (Å²) in [6.45, 7) is 5.87. The molecule has 0 heterocycles. The molecule has 0 saturated heterocycles. The Bertz CT molecular complexity index is 1160. The number of para-hydroxylation sites is 1. The molecule has 0 aliphatic carbocycles. The summed E-state index contributed by atoms with van der Waals surface area (Å²) in [5.41, 5.74) is 3.36. The van der Waals surface area contributed by atoms with Crippen molar-refractivity contribution in [2.75, 3.05) is 22.8 Å². The summed E-state index contributed by atoms with van der Waals surface area (Å²) in [4.78, 5) is 12.5. The summed E-state index contributed by atoms with van der Waals surface area (Å²) in [6.07, 6.45) is 0.818. The van der Waals surface area contributed by atoms with Crippen LogP contribution >= 0.6 is 0 Å². The minimum Gasteiger partial charge on any atom is -0.484 e. The fraction of sp³-hybridized carbons (Fsp3) is 0.240. The third-order valence-electron chi connectivity index (χ3n) is 5.06. The van der Waals surface area contributed by atoms with E-state index in [4.69, 9.17) is 4.74 Å². The van der Waals surface area contributed by atoms with Crippen molar-refractivity contribution in [1.82, 2.24) is 0 Å². The van der Waals surface area contributed by atoms with Crippen molar-refractivity contribution in [3.8, 4) is 5.75 Å². The maximum Gasteiger partial charge on any atom is 0.264 e. The second-order valence-electron chi connectivity index (χ2n) is 7.32. The minimum absolute atomic E-state index is 0.142. The van der Waals surface area contributed by atoms with Crippen molar-refractivity contribution < 1.29 is 17.9 Å². The van der Waals surface area contributed by atoms with E-state index in [1.54, 1.807) is 55.5 Å². The maximum atomic E-state index is 13.0. The number of rotatable bonds is 9. The van der Waals surface area contributed by atoms with Gasteiger partial charge in [-0.15, -0.1) is 0 Å². The Morgan fingerprint density at radius 3 is 2.22 bits per heavy atom. The van der Waals surface area contributed by atoms with E-state index in [1.807, 2.05) is 38.1 Å². The van der Waals surface area contributed by atoms with Gasteiger partial charge in [-0.25, -0.2) is 8.42 Å². The van der Waals surface area contributed by atoms with Gasteiger partial charge in [-0.3, -0.25) is 9.10 Å². The summed E-state index contributed by atoms with van der Waals surface area (Å²) in [5.74, 6) is 0.226. The molecule has 0 aliphatic rings. The van der Waals surface area contributed by atoms with Crippen molar-refractivity contribution >= 4 is 27.3 Å². The average molecular weight is 453 g/mol. The topological polar surface area (TPSA) is 75.7 Å². The molecule has 0 atom stereocenters. The van der Waals surface area contributed by atoms with Gasteiger partial charge in [0.05, 0.1) is 10.6 Å². The lowest BCUT2D eigenvalue weighted by Crippen LogP contribution is -2.30. The first-order chi connectivity index (χ1) is 15.3. The lowest BCUT2D eigenvalue weighted by Gasteiger charge is -2.23. The lowest BCUT2D eigenvalue weighted by molar-refractivity contribution is -0.118. The van der Waals surface area contributed by atoms with Gasteiger partial charge in [0.2, 0.25) is 0 Å². The second kappa shape index (κ2) is 10.3. The number of anilines is 2. The van der Waals surface area contributed by atoms with E-state index in [9.17, 15) is 13.2 Å². The molecule has 6 nitrogen and oxygen atoms in total. The maximum absolute atomic E-state index is 13.0. The molecule has 168 valence electrons. The van der Waals surface area contributed by atoms with Crippen LogP contribution in [0.2, 0.25) is 0 Å². The van der Waals surface area contributed by atoms with E-state index in [1.165, 1.54) is 4.31 Å². The molecule has 1 N–H and O–H groups in total. The van der Waals surface area contributed by atoms with Gasteiger partial charge in [-0.05, 0) is 68.3 Å². The monoisotopic (exact) mass is 452 g/mol. The normalized spacial score (nSPS) is 11.1. The number of sulfonamides is 1. The van der Waals surface area contributed by atoms with Gasteiger partial charge >= 0.3 is 0 Å². The van der Waals surface area contributed by atoms with Gasteiger partial charge in [-0.2, -0.15) is 0 Å². The van der Waals surface area contributed by atoms with Crippen LogP contribution in [-0.2, 0) is 21.2 Å². The second-order valence-corrected chi connectivity index (χ2v) is 9.19. The Labute approximate surface area is 189 Å². The predicted molar refractivity (Wildman–Crippen MR) is 128 cm³/mol. The van der Waals surface area contributed by atoms with Crippen molar-refractivity contribution in [3.05, 3.63) is 83.9 Å². The molecule has 3 aromatic carbocycles. The molecule has 0 radical (unpaired) electrons. The molecule has 0 aromatic heterocycles. The van der Waals surface area contributed by atoms with Crippen LogP contribution in [0.4, 0.5) is 11.4 Å². The highest BCUT2D eigenvalue weighted by Crippen LogP contribution is 2.26. The van der Waals surface area contributed by atoms with Gasteiger partial charge in [0.1, 0.15) is 5.75 Å². The van der Waals surface area contributed by atoms with Gasteiger partial charge < -0.3 is 10.1 Å². The van der Waals surface area contributed by atoms with Crippen molar-refractivity contribution in [2.45, 2.75) is 32.1 Å². The number of benzene rings is 3. The van der Waals surface area contributed by atoms with Crippen LogP contribution in [0.5, 0.6) is 5.75 Å². The van der Waals surface area contributed by atoms with Gasteiger partial charge in [0.25, 0.3) is 15.9 Å². The van der Waals surface area contributed by atoms with Crippen molar-refractivity contribution in [1.29, 1.82) is 0 Å². The average Bonchev–Trinajstić information content (AvgIpc) is 2.79. The zero-order chi connectivity index (χ0) is 23.1. The Morgan fingerprint density at radius 1 is 0.938 bits per heavy atom. The summed E-state index contributed by atoms with van der Waals surface area (Å²) < 4.78 is 33.0. The fourth-order valence-electron chi connectivity index (χ4n) is 3.32. The van der Waals surface area contributed by atoms with Crippen molar-refractivity contribution in [2.24, 2.45) is 0 Å². The minimum atomic E-state index is -3.67. The number of nitrogens with one attached hydrogen (secondary N) is 1. The van der Waals surface area contributed by atoms with E-state index in [0.717, 1.165) is 23.2 Å². The van der Waals surface area contributed by atoms with Gasteiger partial charge in [-0.1, -0.05) is 42.8 Å². The standard InChI is InChI=1S/C25H28N2O4S/c1-4-20-8-6-7-9-24(20)26-25(28)18-31-22-14-12-21(13-15-22)27(5-2)32(29,30)23-16-10-19(3)11-17-23/h6-17H,4-5,18H2,1-3H3,(H,26,28). The van der Waals surface area contributed by atoms with E-state index in [-0.39, 0.29) is 24.0 Å². The Morgan fingerprint density at radius 2 is 1.59 bits per heavy atom. The third-order valence-corrected chi connectivity index (χ3v) is 6.98. The summed E-state index contributed by atoms with van der Waals surface area (Å²) >= 11 is 0. The predicted octanol–water partition coefficient (Wildman–Crippen LogP) is 4.79. The number of hydrogen-bond donors (Lipinski definition) is 1. The summed E-state index contributed by atoms with van der Waals surface area (Å²) in [5, 5.41) is 2.86. The molecule has 0 unspecified atom stereocenters. The van der Waals surface area contributed by atoms with Crippen LogP contribution in [0.15, 0.2) is 77.7 Å². The highest BCUT2D eigenvalue weighted by molar-refractivity contribution is 7.92. The van der Waals surface area contributed by atoms with Crippen molar-refractivity contribution in [3.63, 3.8) is 0 Å². The van der Waals surface area contributed by atoms with E-state index in [0.29, 0.717) is 11.4 Å². The molecule has 3 rings (SSSR count). The van der Waals surface area contributed by atoms with E-state index < -0.39 is 10.0 Å². The molecule has 0 aliphatic heterocycles. The molecule has 0 fully saturated rings. The summed E-state index contributed by atoms with van der Waals surface area (Å²) in [6, 6.07) is 21.1. The number of carbonyl (C=O) groups excluding carboxylic acids is 1.